The van der Waals surface area contributed by atoms with Crippen LogP contribution in [0, 0.1) is 11.3 Å². The highest BCUT2D eigenvalue weighted by Gasteiger charge is 2.41. The largest absolute Gasteiger partial charge is 0.361 e. The number of hydrogen-bond donors (Lipinski definition) is 1. The van der Waals surface area contributed by atoms with Crippen LogP contribution in [-0.4, -0.2) is 6.54 Å². The van der Waals surface area contributed by atoms with Gasteiger partial charge in [0.2, 0.25) is 0 Å². The average Bonchev–Trinajstić information content (AvgIpc) is 2.92. The maximum absolute atomic E-state index is 9.07. The molecule has 0 fully saturated rings. The van der Waals surface area contributed by atoms with Crippen LogP contribution in [0.5, 0.6) is 0 Å². The van der Waals surface area contributed by atoms with E-state index in [4.69, 9.17) is 27.3 Å². The molecule has 0 aliphatic carbocycles. The molecule has 2 aromatic rings. The zero-order valence-electron chi connectivity index (χ0n) is 12.6. The number of nitriles is 1. The molecule has 1 aliphatic heterocycles. The first-order chi connectivity index (χ1) is 10.7. The zero-order valence-corrected chi connectivity index (χ0v) is 14.2. The summed E-state index contributed by atoms with van der Waals surface area (Å²) in [4.78, 5) is 0. The van der Waals surface area contributed by atoms with E-state index in [-0.39, 0.29) is 12.4 Å². The van der Waals surface area contributed by atoms with E-state index in [1.165, 1.54) is 0 Å². The standard InChI is InChI=1S/C18H17ClN2O.ClH/c19-16-5-3-15(4-6-16)18(8-1-9-20)17-7-2-13(11-21)10-14(17)12-22-18;/h2-7,10H,1,8-9,12,20H2;1H. The lowest BCUT2D eigenvalue weighted by atomic mass is 9.81. The van der Waals surface area contributed by atoms with Gasteiger partial charge in [0.15, 0.2) is 0 Å². The minimum Gasteiger partial charge on any atom is -0.361 e. The van der Waals surface area contributed by atoms with E-state index < -0.39 is 5.60 Å². The summed E-state index contributed by atoms with van der Waals surface area (Å²) in [5.41, 5.74) is 9.16. The first-order valence-electron chi connectivity index (χ1n) is 7.33. The van der Waals surface area contributed by atoms with Crippen molar-refractivity contribution in [1.82, 2.24) is 0 Å². The fourth-order valence-electron chi connectivity index (χ4n) is 3.12. The molecule has 1 aliphatic rings. The van der Waals surface area contributed by atoms with Gasteiger partial charge in [-0.15, -0.1) is 12.4 Å². The molecule has 23 heavy (non-hydrogen) atoms. The second-order valence-electron chi connectivity index (χ2n) is 5.50. The molecule has 0 bridgehead atoms. The highest BCUT2D eigenvalue weighted by molar-refractivity contribution is 6.30. The third-order valence-corrected chi connectivity index (χ3v) is 4.44. The summed E-state index contributed by atoms with van der Waals surface area (Å²) in [7, 11) is 0. The van der Waals surface area contributed by atoms with E-state index in [0.29, 0.717) is 23.7 Å². The Morgan fingerprint density at radius 3 is 2.61 bits per heavy atom. The van der Waals surface area contributed by atoms with E-state index in [0.717, 1.165) is 29.5 Å². The van der Waals surface area contributed by atoms with Crippen molar-refractivity contribution in [2.24, 2.45) is 5.73 Å². The van der Waals surface area contributed by atoms with Crippen molar-refractivity contribution >= 4 is 24.0 Å². The van der Waals surface area contributed by atoms with E-state index in [1.54, 1.807) is 0 Å². The first kappa shape index (κ1) is 17.8. The number of nitrogens with two attached hydrogens (primary N) is 1. The predicted molar refractivity (Wildman–Crippen MR) is 93.7 cm³/mol. The van der Waals surface area contributed by atoms with Gasteiger partial charge in [-0.05, 0) is 60.3 Å². The molecule has 5 heteroatoms. The summed E-state index contributed by atoms with van der Waals surface area (Å²) in [5, 5.41) is 9.77. The Kier molecular flexibility index (Phi) is 5.67. The van der Waals surface area contributed by atoms with Crippen LogP contribution in [0.25, 0.3) is 0 Å². The highest BCUT2D eigenvalue weighted by atomic mass is 35.5. The molecule has 0 saturated heterocycles. The number of rotatable bonds is 4. The topological polar surface area (TPSA) is 59.0 Å². The molecule has 0 spiro atoms. The van der Waals surface area contributed by atoms with Crippen molar-refractivity contribution in [2.75, 3.05) is 6.54 Å². The Bertz CT molecular complexity index is 725. The molecule has 0 aromatic heterocycles. The van der Waals surface area contributed by atoms with Crippen LogP contribution in [0.15, 0.2) is 42.5 Å². The van der Waals surface area contributed by atoms with Crippen molar-refractivity contribution in [3.8, 4) is 6.07 Å². The van der Waals surface area contributed by atoms with Crippen molar-refractivity contribution in [3.05, 3.63) is 69.7 Å². The van der Waals surface area contributed by atoms with Gasteiger partial charge in [-0.2, -0.15) is 5.26 Å². The molecule has 2 aromatic carbocycles. The minimum absolute atomic E-state index is 0. The Balaban J connectivity index is 0.00000192. The number of benzene rings is 2. The van der Waals surface area contributed by atoms with Gasteiger partial charge in [0.1, 0.15) is 5.60 Å². The Morgan fingerprint density at radius 2 is 1.96 bits per heavy atom. The summed E-state index contributed by atoms with van der Waals surface area (Å²) in [5.74, 6) is 0. The van der Waals surface area contributed by atoms with E-state index in [2.05, 4.69) is 6.07 Å². The molecule has 1 heterocycles. The molecule has 1 atom stereocenters. The second-order valence-corrected chi connectivity index (χ2v) is 5.93. The summed E-state index contributed by atoms with van der Waals surface area (Å²) in [6, 6.07) is 15.7. The minimum atomic E-state index is -0.493. The number of halogens is 2. The summed E-state index contributed by atoms with van der Waals surface area (Å²) in [6.45, 7) is 1.13. The van der Waals surface area contributed by atoms with Crippen molar-refractivity contribution in [1.29, 1.82) is 5.26 Å². The third kappa shape index (κ3) is 3.22. The van der Waals surface area contributed by atoms with Gasteiger partial charge in [-0.3, -0.25) is 0 Å². The van der Waals surface area contributed by atoms with Crippen LogP contribution in [0.2, 0.25) is 5.02 Å². The molecule has 2 N–H and O–H groups in total. The summed E-state index contributed by atoms with van der Waals surface area (Å²) >= 11 is 6.01. The van der Waals surface area contributed by atoms with Crippen LogP contribution in [-0.2, 0) is 16.9 Å². The number of ether oxygens (including phenoxy) is 1. The van der Waals surface area contributed by atoms with Crippen LogP contribution in [0.1, 0.15) is 35.1 Å². The van der Waals surface area contributed by atoms with Gasteiger partial charge in [0.25, 0.3) is 0 Å². The van der Waals surface area contributed by atoms with Crippen LogP contribution in [0.4, 0.5) is 0 Å². The normalized spacial score (nSPS) is 18.8. The maximum atomic E-state index is 9.07. The van der Waals surface area contributed by atoms with E-state index >= 15 is 0 Å². The highest BCUT2D eigenvalue weighted by Crippen LogP contribution is 2.45. The van der Waals surface area contributed by atoms with Gasteiger partial charge >= 0.3 is 0 Å². The monoisotopic (exact) mass is 348 g/mol. The van der Waals surface area contributed by atoms with Crippen molar-refractivity contribution in [2.45, 2.75) is 25.0 Å². The lowest BCUT2D eigenvalue weighted by molar-refractivity contribution is -0.0125. The van der Waals surface area contributed by atoms with Gasteiger partial charge in [-0.1, -0.05) is 29.8 Å². The van der Waals surface area contributed by atoms with Crippen LogP contribution >= 0.6 is 24.0 Å². The molecule has 120 valence electrons. The van der Waals surface area contributed by atoms with Crippen LogP contribution in [0.3, 0.4) is 0 Å². The van der Waals surface area contributed by atoms with Crippen molar-refractivity contribution in [3.63, 3.8) is 0 Å². The zero-order chi connectivity index (χ0) is 15.6. The Morgan fingerprint density at radius 1 is 1.22 bits per heavy atom. The smallest absolute Gasteiger partial charge is 0.119 e. The molecule has 0 saturated carbocycles. The maximum Gasteiger partial charge on any atom is 0.119 e. The molecule has 1 unspecified atom stereocenters. The molecule has 3 nitrogen and oxygen atoms in total. The van der Waals surface area contributed by atoms with Crippen LogP contribution < -0.4 is 5.73 Å². The van der Waals surface area contributed by atoms with E-state index in [9.17, 15) is 0 Å². The fourth-order valence-corrected chi connectivity index (χ4v) is 3.24. The summed E-state index contributed by atoms with van der Waals surface area (Å²) < 4.78 is 6.23. The van der Waals surface area contributed by atoms with Gasteiger partial charge in [-0.25, -0.2) is 0 Å². The number of hydrogen-bond acceptors (Lipinski definition) is 3. The van der Waals surface area contributed by atoms with Gasteiger partial charge in [0.05, 0.1) is 18.2 Å². The molecule has 0 amide bonds. The number of fused-ring (bicyclic) bond motifs is 1. The predicted octanol–water partition coefficient (Wildman–Crippen LogP) is 4.15. The van der Waals surface area contributed by atoms with Crippen molar-refractivity contribution < 1.29 is 4.74 Å². The lowest BCUT2D eigenvalue weighted by Gasteiger charge is -2.30. The summed E-state index contributed by atoms with van der Waals surface area (Å²) in [6.07, 6.45) is 1.67. The van der Waals surface area contributed by atoms with Gasteiger partial charge in [0, 0.05) is 5.02 Å². The second kappa shape index (κ2) is 7.33. The molecular weight excluding hydrogens is 331 g/mol. The van der Waals surface area contributed by atoms with E-state index in [1.807, 2.05) is 42.5 Å². The Labute approximate surface area is 147 Å². The molecule has 3 rings (SSSR count). The van der Waals surface area contributed by atoms with Gasteiger partial charge < -0.3 is 10.5 Å². The molecule has 0 radical (unpaired) electrons. The number of nitrogens with zero attached hydrogens (tertiary/aromatic N) is 1. The SMILES string of the molecule is Cl.N#Cc1ccc2c(c1)COC2(CCCN)c1ccc(Cl)cc1. The molecular formula is C18H18Cl2N2O. The lowest BCUT2D eigenvalue weighted by Crippen LogP contribution is -2.28. The fraction of sp³-hybridized carbons (Fsp3) is 0.278. The Hall–Kier alpha value is -1.57. The average molecular weight is 349 g/mol. The third-order valence-electron chi connectivity index (χ3n) is 4.19. The first-order valence-corrected chi connectivity index (χ1v) is 7.71. The quantitative estimate of drug-likeness (QED) is 0.902.